The largest absolute Gasteiger partial charge is 0.396 e. The highest BCUT2D eigenvalue weighted by atomic mass is 16.3. The molecule has 0 aliphatic carbocycles. The van der Waals surface area contributed by atoms with Crippen LogP contribution in [0.2, 0.25) is 0 Å². The Morgan fingerprint density at radius 3 is 2.84 bits per heavy atom. The summed E-state index contributed by atoms with van der Waals surface area (Å²) in [7, 11) is 0. The highest BCUT2D eigenvalue weighted by Crippen LogP contribution is 2.18. The van der Waals surface area contributed by atoms with Gasteiger partial charge in [0.1, 0.15) is 0 Å². The lowest BCUT2D eigenvalue weighted by atomic mass is 10.1. The number of benzene rings is 1. The molecular weight excluding hydrogens is 236 g/mol. The van der Waals surface area contributed by atoms with Crippen molar-refractivity contribution in [1.29, 1.82) is 0 Å². The number of hydrogen-bond donors (Lipinski definition) is 2. The molecule has 3 heteroatoms. The van der Waals surface area contributed by atoms with Crippen LogP contribution < -0.4 is 5.32 Å². The van der Waals surface area contributed by atoms with Gasteiger partial charge < -0.3 is 10.4 Å². The fourth-order valence-corrected chi connectivity index (χ4v) is 2.40. The van der Waals surface area contributed by atoms with Crippen molar-refractivity contribution in [2.75, 3.05) is 6.61 Å². The normalized spacial score (nSPS) is 12.8. The van der Waals surface area contributed by atoms with Gasteiger partial charge in [-0.3, -0.25) is 4.98 Å². The Morgan fingerprint density at radius 1 is 1.32 bits per heavy atom. The molecule has 0 saturated carbocycles. The molecule has 19 heavy (non-hydrogen) atoms. The average Bonchev–Trinajstić information content (AvgIpc) is 2.43. The van der Waals surface area contributed by atoms with E-state index < -0.39 is 0 Å². The van der Waals surface area contributed by atoms with E-state index in [1.54, 1.807) is 0 Å². The summed E-state index contributed by atoms with van der Waals surface area (Å²) in [4.78, 5) is 4.55. The summed E-state index contributed by atoms with van der Waals surface area (Å²) >= 11 is 0. The van der Waals surface area contributed by atoms with Crippen molar-refractivity contribution in [2.24, 2.45) is 0 Å². The van der Waals surface area contributed by atoms with Crippen LogP contribution in [0.4, 0.5) is 0 Å². The maximum absolute atomic E-state index is 9.03. The first-order valence-corrected chi connectivity index (χ1v) is 6.94. The Hall–Kier alpha value is -1.45. The number of aromatic nitrogens is 1. The monoisotopic (exact) mass is 258 g/mol. The van der Waals surface area contributed by atoms with Crippen LogP contribution in [0, 0.1) is 6.92 Å². The van der Waals surface area contributed by atoms with Crippen LogP contribution in [-0.2, 0) is 6.54 Å². The lowest BCUT2D eigenvalue weighted by Gasteiger charge is -2.16. The van der Waals surface area contributed by atoms with Crippen LogP contribution in [0.25, 0.3) is 10.9 Å². The number of nitrogens with one attached hydrogen (secondary N) is 1. The molecule has 1 atom stereocenters. The maximum atomic E-state index is 9.03. The summed E-state index contributed by atoms with van der Waals surface area (Å²) in [5.74, 6) is 0. The predicted octanol–water partition coefficient (Wildman–Crippen LogP) is 2.79. The molecule has 0 aliphatic heterocycles. The lowest BCUT2D eigenvalue weighted by molar-refractivity contribution is 0.262. The smallest absolute Gasteiger partial charge is 0.0708 e. The number of para-hydroxylation sites is 1. The van der Waals surface area contributed by atoms with E-state index in [1.807, 2.05) is 19.1 Å². The summed E-state index contributed by atoms with van der Waals surface area (Å²) in [6.07, 6.45) is 1.83. The highest BCUT2D eigenvalue weighted by molar-refractivity contribution is 5.82. The maximum Gasteiger partial charge on any atom is 0.0708 e. The third-order valence-corrected chi connectivity index (χ3v) is 3.48. The van der Waals surface area contributed by atoms with Gasteiger partial charge >= 0.3 is 0 Å². The van der Waals surface area contributed by atoms with Crippen molar-refractivity contribution >= 4 is 10.9 Å². The number of aryl methyl sites for hydroxylation is 1. The van der Waals surface area contributed by atoms with Crippen molar-refractivity contribution < 1.29 is 5.11 Å². The van der Waals surface area contributed by atoms with E-state index in [-0.39, 0.29) is 6.61 Å². The zero-order valence-electron chi connectivity index (χ0n) is 11.7. The molecule has 0 spiro atoms. The van der Waals surface area contributed by atoms with Gasteiger partial charge in [-0.1, -0.05) is 25.1 Å². The fourth-order valence-electron chi connectivity index (χ4n) is 2.40. The minimum absolute atomic E-state index is 0.238. The zero-order valence-corrected chi connectivity index (χ0v) is 11.7. The quantitative estimate of drug-likeness (QED) is 0.837. The van der Waals surface area contributed by atoms with Crippen molar-refractivity contribution in [3.8, 4) is 0 Å². The van der Waals surface area contributed by atoms with Gasteiger partial charge in [0.15, 0.2) is 0 Å². The third kappa shape index (κ3) is 3.52. The topological polar surface area (TPSA) is 45.1 Å². The van der Waals surface area contributed by atoms with E-state index >= 15 is 0 Å². The molecule has 3 nitrogen and oxygen atoms in total. The number of rotatable bonds is 6. The van der Waals surface area contributed by atoms with Crippen LogP contribution in [0.15, 0.2) is 30.3 Å². The van der Waals surface area contributed by atoms with Crippen LogP contribution in [0.3, 0.4) is 0 Å². The Bertz CT molecular complexity index is 539. The van der Waals surface area contributed by atoms with Crippen molar-refractivity contribution in [1.82, 2.24) is 10.3 Å². The van der Waals surface area contributed by atoms with Crippen molar-refractivity contribution in [3.63, 3.8) is 0 Å². The van der Waals surface area contributed by atoms with E-state index in [1.165, 1.54) is 10.9 Å². The summed E-state index contributed by atoms with van der Waals surface area (Å²) < 4.78 is 0. The minimum atomic E-state index is 0.238. The summed E-state index contributed by atoms with van der Waals surface area (Å²) in [6.45, 7) is 5.23. The molecule has 2 N–H and O–H groups in total. The van der Waals surface area contributed by atoms with Crippen LogP contribution in [0.5, 0.6) is 0 Å². The van der Waals surface area contributed by atoms with Gasteiger partial charge in [-0.25, -0.2) is 0 Å². The van der Waals surface area contributed by atoms with Gasteiger partial charge in [0.05, 0.1) is 5.52 Å². The zero-order chi connectivity index (χ0) is 13.7. The Morgan fingerprint density at radius 2 is 2.11 bits per heavy atom. The molecule has 1 aromatic heterocycles. The molecule has 2 rings (SSSR count). The highest BCUT2D eigenvalue weighted by Gasteiger charge is 2.07. The van der Waals surface area contributed by atoms with Gasteiger partial charge in [0.2, 0.25) is 0 Å². The van der Waals surface area contributed by atoms with Gasteiger partial charge in [0, 0.05) is 30.3 Å². The second kappa shape index (κ2) is 6.64. The summed E-state index contributed by atoms with van der Waals surface area (Å²) in [6, 6.07) is 10.8. The Labute approximate surface area is 114 Å². The second-order valence-electron chi connectivity index (χ2n) is 4.94. The SMILES string of the molecule is CCC(CCO)NCc1cc(C)nc2ccccc12. The molecule has 0 fully saturated rings. The first-order chi connectivity index (χ1) is 9.24. The molecule has 1 heterocycles. The van der Waals surface area contributed by atoms with Gasteiger partial charge in [-0.2, -0.15) is 0 Å². The molecule has 1 unspecified atom stereocenters. The molecule has 0 bridgehead atoms. The number of pyridine rings is 1. The van der Waals surface area contributed by atoms with Gasteiger partial charge in [-0.15, -0.1) is 0 Å². The first kappa shape index (κ1) is 14.0. The molecule has 1 aromatic carbocycles. The van der Waals surface area contributed by atoms with Crippen LogP contribution in [-0.4, -0.2) is 22.7 Å². The van der Waals surface area contributed by atoms with E-state index in [2.05, 4.69) is 35.4 Å². The van der Waals surface area contributed by atoms with E-state index in [0.717, 1.165) is 30.6 Å². The molecule has 0 radical (unpaired) electrons. The van der Waals surface area contributed by atoms with Crippen LogP contribution >= 0.6 is 0 Å². The summed E-state index contributed by atoms with van der Waals surface area (Å²) in [5.41, 5.74) is 3.37. The predicted molar refractivity (Wildman–Crippen MR) is 79.1 cm³/mol. The van der Waals surface area contributed by atoms with Gasteiger partial charge in [0.25, 0.3) is 0 Å². The summed E-state index contributed by atoms with van der Waals surface area (Å²) in [5, 5.41) is 13.8. The van der Waals surface area contributed by atoms with E-state index in [0.29, 0.717) is 6.04 Å². The number of nitrogens with zero attached hydrogens (tertiary/aromatic N) is 1. The van der Waals surface area contributed by atoms with Gasteiger partial charge in [-0.05, 0) is 37.5 Å². The fraction of sp³-hybridized carbons (Fsp3) is 0.438. The number of aliphatic hydroxyl groups excluding tert-OH is 1. The van der Waals surface area contributed by atoms with E-state index in [9.17, 15) is 0 Å². The average molecular weight is 258 g/mol. The molecule has 2 aromatic rings. The standard InChI is InChI=1S/C16H22N2O/c1-3-14(8-9-19)17-11-13-10-12(2)18-16-7-5-4-6-15(13)16/h4-7,10,14,17,19H,3,8-9,11H2,1-2H3. The Balaban J connectivity index is 2.20. The number of aliphatic hydroxyl groups is 1. The van der Waals surface area contributed by atoms with Crippen molar-refractivity contribution in [3.05, 3.63) is 41.6 Å². The van der Waals surface area contributed by atoms with E-state index in [4.69, 9.17) is 5.11 Å². The van der Waals surface area contributed by atoms with Crippen LogP contribution in [0.1, 0.15) is 31.0 Å². The third-order valence-electron chi connectivity index (χ3n) is 3.48. The lowest BCUT2D eigenvalue weighted by Crippen LogP contribution is -2.29. The first-order valence-electron chi connectivity index (χ1n) is 6.94. The van der Waals surface area contributed by atoms with Crippen molar-refractivity contribution in [2.45, 2.75) is 39.3 Å². The molecule has 102 valence electrons. The number of fused-ring (bicyclic) bond motifs is 1. The molecular formula is C16H22N2O. The minimum Gasteiger partial charge on any atom is -0.396 e. The molecule has 0 aliphatic rings. The number of hydrogen-bond acceptors (Lipinski definition) is 3. The second-order valence-corrected chi connectivity index (χ2v) is 4.94. The Kier molecular flexibility index (Phi) is 4.88. The molecule has 0 amide bonds. The molecule has 0 saturated heterocycles.